The molecule has 2 heterocycles. The molecular weight excluding hydrogens is 465 g/mol. The van der Waals surface area contributed by atoms with E-state index in [4.69, 9.17) is 27.9 Å². The molecule has 8 heteroatoms. The van der Waals surface area contributed by atoms with Crippen molar-refractivity contribution in [3.63, 3.8) is 0 Å². The van der Waals surface area contributed by atoms with Crippen LogP contribution in [-0.2, 0) is 6.54 Å². The maximum absolute atomic E-state index is 13.1. The van der Waals surface area contributed by atoms with E-state index in [0.29, 0.717) is 22.2 Å². The van der Waals surface area contributed by atoms with Gasteiger partial charge in [0.25, 0.3) is 5.91 Å². The quantitative estimate of drug-likeness (QED) is 0.628. The Morgan fingerprint density at radius 1 is 1.11 bits per heavy atom. The number of likely N-dealkylation sites (N-methyl/N-ethyl adjacent to an activating group) is 1. The third-order valence-corrected chi connectivity index (χ3v) is 6.39. The summed E-state index contributed by atoms with van der Waals surface area (Å²) >= 11 is 16.5. The minimum Gasteiger partial charge on any atom is -0.471 e. The first-order valence-corrected chi connectivity index (χ1v) is 10.6. The Balaban J connectivity index is 1.56. The largest absolute Gasteiger partial charge is 0.471 e. The van der Waals surface area contributed by atoms with Crippen LogP contribution >= 0.6 is 39.1 Å². The zero-order valence-electron chi connectivity index (χ0n) is 15.4. The Morgan fingerprint density at radius 3 is 2.46 bits per heavy atom. The number of halogens is 3. The van der Waals surface area contributed by atoms with Gasteiger partial charge in [-0.1, -0.05) is 35.3 Å². The van der Waals surface area contributed by atoms with Crippen LogP contribution in [0.25, 0.3) is 0 Å². The van der Waals surface area contributed by atoms with Crippen LogP contribution in [0.2, 0.25) is 10.0 Å². The zero-order valence-corrected chi connectivity index (χ0v) is 18.5. The number of amides is 1. The average Bonchev–Trinajstić information content (AvgIpc) is 2.68. The minimum absolute atomic E-state index is 0.154. The molecule has 5 nitrogen and oxygen atoms in total. The molecule has 0 spiro atoms. The summed E-state index contributed by atoms with van der Waals surface area (Å²) < 4.78 is 6.66. The summed E-state index contributed by atoms with van der Waals surface area (Å²) in [6, 6.07) is 9.45. The summed E-state index contributed by atoms with van der Waals surface area (Å²) in [4.78, 5) is 19.2. The third kappa shape index (κ3) is 3.83. The SMILES string of the molecule is CN1CCN(c2cc(Cl)c(C(=O)N3COc4c(Br)cccc4C3)c(Cl)c2)CC1. The van der Waals surface area contributed by atoms with Gasteiger partial charge in [0.05, 0.1) is 26.6 Å². The lowest BCUT2D eigenvalue weighted by Gasteiger charge is -2.34. The second kappa shape index (κ2) is 8.11. The second-order valence-corrected chi connectivity index (χ2v) is 8.75. The van der Waals surface area contributed by atoms with Crippen molar-refractivity contribution < 1.29 is 9.53 Å². The van der Waals surface area contributed by atoms with Crippen LogP contribution in [0, 0.1) is 0 Å². The maximum atomic E-state index is 13.1. The van der Waals surface area contributed by atoms with Crippen molar-refractivity contribution >= 4 is 50.7 Å². The van der Waals surface area contributed by atoms with Gasteiger partial charge in [-0.05, 0) is 41.2 Å². The first-order valence-electron chi connectivity index (χ1n) is 9.06. The molecule has 0 aliphatic carbocycles. The Labute approximate surface area is 182 Å². The standard InChI is InChI=1S/C20H20BrCl2N3O2/c1-24-5-7-25(8-6-24)14-9-16(22)18(17(23)10-14)20(27)26-11-13-3-2-4-15(21)19(13)28-12-26/h2-4,9-10H,5-8,11-12H2,1H3. The molecule has 0 bridgehead atoms. The van der Waals surface area contributed by atoms with Gasteiger partial charge in [0, 0.05) is 37.4 Å². The molecule has 2 aromatic carbocycles. The molecule has 4 rings (SSSR count). The number of ether oxygens (including phenoxy) is 1. The van der Waals surface area contributed by atoms with E-state index < -0.39 is 0 Å². The van der Waals surface area contributed by atoms with E-state index in [1.54, 1.807) is 4.90 Å². The van der Waals surface area contributed by atoms with E-state index in [1.165, 1.54) is 0 Å². The van der Waals surface area contributed by atoms with Crippen LogP contribution in [-0.4, -0.2) is 55.7 Å². The number of benzene rings is 2. The van der Waals surface area contributed by atoms with Gasteiger partial charge in [-0.2, -0.15) is 0 Å². The molecular formula is C20H20BrCl2N3O2. The zero-order chi connectivity index (χ0) is 19.8. The topological polar surface area (TPSA) is 36.0 Å². The summed E-state index contributed by atoms with van der Waals surface area (Å²) in [5, 5.41) is 0.734. The number of fused-ring (bicyclic) bond motifs is 1. The predicted molar refractivity (Wildman–Crippen MR) is 116 cm³/mol. The average molecular weight is 485 g/mol. The Bertz CT molecular complexity index is 893. The summed E-state index contributed by atoms with van der Waals surface area (Å²) in [6.07, 6.45) is 0. The second-order valence-electron chi connectivity index (χ2n) is 7.08. The number of hydrogen-bond donors (Lipinski definition) is 0. The van der Waals surface area contributed by atoms with Crippen molar-refractivity contribution in [2.75, 3.05) is 44.9 Å². The monoisotopic (exact) mass is 483 g/mol. The first-order chi connectivity index (χ1) is 13.4. The molecule has 2 aromatic rings. The summed E-state index contributed by atoms with van der Waals surface area (Å²) in [5.74, 6) is 0.541. The number of carbonyl (C=O) groups excluding carboxylic acids is 1. The van der Waals surface area contributed by atoms with Gasteiger partial charge < -0.3 is 19.4 Å². The highest BCUT2D eigenvalue weighted by molar-refractivity contribution is 9.10. The van der Waals surface area contributed by atoms with Crippen molar-refractivity contribution in [2.24, 2.45) is 0 Å². The number of nitrogens with zero attached hydrogens (tertiary/aromatic N) is 3. The van der Waals surface area contributed by atoms with Gasteiger partial charge in [0.2, 0.25) is 0 Å². The van der Waals surface area contributed by atoms with Crippen molar-refractivity contribution in [1.82, 2.24) is 9.80 Å². The molecule has 0 unspecified atom stereocenters. The molecule has 0 saturated carbocycles. The number of para-hydroxylation sites is 1. The summed E-state index contributed by atoms with van der Waals surface area (Å²) in [6.45, 7) is 4.37. The molecule has 2 aliphatic heterocycles. The molecule has 148 valence electrons. The molecule has 0 radical (unpaired) electrons. The van der Waals surface area contributed by atoms with Crippen LogP contribution in [0.3, 0.4) is 0 Å². The van der Waals surface area contributed by atoms with Gasteiger partial charge in [-0.15, -0.1) is 0 Å². The number of anilines is 1. The van der Waals surface area contributed by atoms with Crippen molar-refractivity contribution in [1.29, 1.82) is 0 Å². The van der Waals surface area contributed by atoms with E-state index in [-0.39, 0.29) is 12.6 Å². The highest BCUT2D eigenvalue weighted by Crippen LogP contribution is 2.36. The van der Waals surface area contributed by atoms with E-state index in [0.717, 1.165) is 47.7 Å². The van der Waals surface area contributed by atoms with Crippen molar-refractivity contribution in [2.45, 2.75) is 6.54 Å². The Morgan fingerprint density at radius 2 is 1.79 bits per heavy atom. The lowest BCUT2D eigenvalue weighted by molar-refractivity contribution is 0.0512. The molecule has 1 saturated heterocycles. The molecule has 28 heavy (non-hydrogen) atoms. The van der Waals surface area contributed by atoms with Crippen molar-refractivity contribution in [3.8, 4) is 5.75 Å². The third-order valence-electron chi connectivity index (χ3n) is 5.17. The fourth-order valence-electron chi connectivity index (χ4n) is 3.53. The normalized spacial score (nSPS) is 17.3. The van der Waals surface area contributed by atoms with Crippen LogP contribution in [0.5, 0.6) is 5.75 Å². The van der Waals surface area contributed by atoms with Crippen LogP contribution in [0.1, 0.15) is 15.9 Å². The molecule has 2 aliphatic rings. The van der Waals surface area contributed by atoms with Gasteiger partial charge in [0.1, 0.15) is 5.75 Å². The Kier molecular flexibility index (Phi) is 5.74. The van der Waals surface area contributed by atoms with Crippen LogP contribution in [0.4, 0.5) is 5.69 Å². The summed E-state index contributed by atoms with van der Waals surface area (Å²) in [5.41, 5.74) is 2.21. The van der Waals surface area contributed by atoms with Crippen molar-refractivity contribution in [3.05, 3.63) is 56.0 Å². The van der Waals surface area contributed by atoms with Gasteiger partial charge in [-0.25, -0.2) is 0 Å². The van der Waals surface area contributed by atoms with E-state index in [1.807, 2.05) is 30.3 Å². The summed E-state index contributed by atoms with van der Waals surface area (Å²) in [7, 11) is 2.11. The van der Waals surface area contributed by atoms with Gasteiger partial charge >= 0.3 is 0 Å². The molecule has 0 N–H and O–H groups in total. The molecule has 1 amide bonds. The first kappa shape index (κ1) is 19.8. The smallest absolute Gasteiger partial charge is 0.259 e. The minimum atomic E-state index is -0.231. The lowest BCUT2D eigenvalue weighted by Crippen LogP contribution is -2.44. The maximum Gasteiger partial charge on any atom is 0.259 e. The van der Waals surface area contributed by atoms with E-state index in [2.05, 4.69) is 32.8 Å². The fourth-order valence-corrected chi connectivity index (χ4v) is 4.69. The van der Waals surface area contributed by atoms with Crippen LogP contribution < -0.4 is 9.64 Å². The van der Waals surface area contributed by atoms with Gasteiger partial charge in [-0.3, -0.25) is 4.79 Å². The Hall–Kier alpha value is -1.47. The predicted octanol–water partition coefficient (Wildman–Crippen LogP) is 4.50. The number of piperazine rings is 1. The number of hydrogen-bond acceptors (Lipinski definition) is 4. The van der Waals surface area contributed by atoms with E-state index >= 15 is 0 Å². The lowest BCUT2D eigenvalue weighted by atomic mass is 10.1. The highest BCUT2D eigenvalue weighted by Gasteiger charge is 2.28. The van der Waals surface area contributed by atoms with Crippen LogP contribution in [0.15, 0.2) is 34.8 Å². The molecule has 0 aromatic heterocycles. The molecule has 0 atom stereocenters. The fraction of sp³-hybridized carbons (Fsp3) is 0.350. The molecule has 1 fully saturated rings. The number of rotatable bonds is 2. The van der Waals surface area contributed by atoms with E-state index in [9.17, 15) is 4.79 Å². The number of carbonyl (C=O) groups is 1. The van der Waals surface area contributed by atoms with Gasteiger partial charge in [0.15, 0.2) is 6.73 Å². The highest BCUT2D eigenvalue weighted by atomic mass is 79.9.